The molecule has 0 heterocycles. The minimum absolute atomic E-state index is 0.441. The Bertz CT molecular complexity index is 617. The van der Waals surface area contributed by atoms with Crippen molar-refractivity contribution in [1.29, 1.82) is 0 Å². The van der Waals surface area contributed by atoms with Crippen LogP contribution in [0.2, 0.25) is 0 Å². The second-order valence-corrected chi connectivity index (χ2v) is 7.96. The molecule has 222 valence electrons. The van der Waals surface area contributed by atoms with Crippen molar-refractivity contribution in [2.75, 3.05) is 137 Å². The van der Waals surface area contributed by atoms with Gasteiger partial charge in [-0.1, -0.05) is 12.1 Å². The fourth-order valence-corrected chi connectivity index (χ4v) is 2.85. The summed E-state index contributed by atoms with van der Waals surface area (Å²) in [6, 6.07) is 7.38. The summed E-state index contributed by atoms with van der Waals surface area (Å²) in [6.45, 7) is 9.75. The van der Waals surface area contributed by atoms with Crippen molar-refractivity contribution in [3.63, 3.8) is 0 Å². The summed E-state index contributed by atoms with van der Waals surface area (Å²) < 4.78 is 54.2. The molecule has 0 aliphatic carbocycles. The van der Waals surface area contributed by atoms with Gasteiger partial charge in [-0.25, -0.2) is 0 Å². The minimum Gasteiger partial charge on any atom is -0.489 e. The molecule has 0 atom stereocenters. The van der Waals surface area contributed by atoms with Gasteiger partial charge in [-0.05, 0) is 12.1 Å². The molecule has 0 saturated heterocycles. The highest BCUT2D eigenvalue weighted by Crippen LogP contribution is 2.19. The summed E-state index contributed by atoms with van der Waals surface area (Å²) in [5, 5.41) is 0. The van der Waals surface area contributed by atoms with E-state index in [1.165, 1.54) is 0 Å². The molecule has 0 aromatic heterocycles. The topological polar surface area (TPSA) is 118 Å². The second kappa shape index (κ2) is 28.8. The van der Waals surface area contributed by atoms with Crippen LogP contribution >= 0.6 is 11.6 Å². The zero-order chi connectivity index (χ0) is 27.2. The second-order valence-electron chi connectivity index (χ2n) is 7.59. The zero-order valence-corrected chi connectivity index (χ0v) is 23.2. The molecular weight excluding hydrogens is 522 g/mol. The fraction of sp³-hybridized carbons (Fsp3) is 0.769. The van der Waals surface area contributed by atoms with Gasteiger partial charge in [0.25, 0.3) is 0 Å². The third-order valence-electron chi connectivity index (χ3n) is 4.60. The van der Waals surface area contributed by atoms with Gasteiger partial charge in [0, 0.05) is 5.88 Å². The molecule has 1 rings (SSSR count). The first-order valence-electron chi connectivity index (χ1n) is 13.1. The molecule has 0 radical (unpaired) electrons. The quantitative estimate of drug-likeness (QED) is 0.0835. The summed E-state index contributed by atoms with van der Waals surface area (Å²) >= 11 is 5.50. The van der Waals surface area contributed by atoms with Crippen molar-refractivity contribution in [2.24, 2.45) is 0 Å². The predicted octanol–water partition coefficient (Wildman–Crippen LogP) is 2.04. The van der Waals surface area contributed by atoms with E-state index in [4.69, 9.17) is 64.7 Å². The SMILES string of the molecule is Nc1ccccc1OCCOCCOCCOCCOCCOCCOCCOCCOCCOCCCl. The van der Waals surface area contributed by atoms with Crippen LogP contribution in [-0.2, 0) is 42.6 Å². The Morgan fingerprint density at radius 3 is 1.03 bits per heavy atom. The van der Waals surface area contributed by atoms with Crippen LogP contribution in [0.25, 0.3) is 0 Å². The van der Waals surface area contributed by atoms with E-state index >= 15 is 0 Å². The molecule has 0 aliphatic heterocycles. The van der Waals surface area contributed by atoms with E-state index in [1.807, 2.05) is 18.2 Å². The molecular formula is C26H46ClNO10. The lowest BCUT2D eigenvalue weighted by Gasteiger charge is -2.09. The summed E-state index contributed by atoms with van der Waals surface area (Å²) in [6.07, 6.45) is 0. The van der Waals surface area contributed by atoms with Crippen LogP contribution < -0.4 is 10.5 Å². The van der Waals surface area contributed by atoms with Crippen molar-refractivity contribution in [3.05, 3.63) is 24.3 Å². The molecule has 11 nitrogen and oxygen atoms in total. The normalized spacial score (nSPS) is 11.3. The van der Waals surface area contributed by atoms with Gasteiger partial charge in [-0.2, -0.15) is 0 Å². The molecule has 0 amide bonds. The standard InChI is InChI=1S/C26H46ClNO10/c27-5-6-29-7-8-30-9-10-31-11-12-32-13-14-33-15-16-34-17-18-35-19-20-36-21-22-37-23-24-38-26-4-2-1-3-25(26)28/h1-4H,5-24,28H2. The lowest BCUT2D eigenvalue weighted by molar-refractivity contribution is -0.0251. The number of hydrogen-bond acceptors (Lipinski definition) is 11. The summed E-state index contributed by atoms with van der Waals surface area (Å²) in [5.41, 5.74) is 6.43. The van der Waals surface area contributed by atoms with Gasteiger partial charge >= 0.3 is 0 Å². The predicted molar refractivity (Wildman–Crippen MR) is 144 cm³/mol. The van der Waals surface area contributed by atoms with Crippen LogP contribution in [0.15, 0.2) is 24.3 Å². The van der Waals surface area contributed by atoms with Crippen LogP contribution in [0.4, 0.5) is 5.69 Å². The van der Waals surface area contributed by atoms with Gasteiger partial charge in [0.2, 0.25) is 0 Å². The van der Waals surface area contributed by atoms with Crippen LogP contribution in [0.3, 0.4) is 0 Å². The molecule has 1 aromatic carbocycles. The van der Waals surface area contributed by atoms with Crippen LogP contribution in [-0.4, -0.2) is 131 Å². The highest BCUT2D eigenvalue weighted by Gasteiger charge is 1.98. The van der Waals surface area contributed by atoms with Gasteiger partial charge in [-0.15, -0.1) is 11.6 Å². The number of para-hydroxylation sites is 2. The van der Waals surface area contributed by atoms with Crippen molar-refractivity contribution in [1.82, 2.24) is 0 Å². The van der Waals surface area contributed by atoms with E-state index in [0.717, 1.165) is 0 Å². The van der Waals surface area contributed by atoms with Crippen molar-refractivity contribution in [3.8, 4) is 5.75 Å². The van der Waals surface area contributed by atoms with Crippen molar-refractivity contribution in [2.45, 2.75) is 0 Å². The van der Waals surface area contributed by atoms with Crippen LogP contribution in [0.1, 0.15) is 0 Å². The number of nitrogens with two attached hydrogens (primary N) is 1. The molecule has 2 N–H and O–H groups in total. The Morgan fingerprint density at radius 2 is 0.711 bits per heavy atom. The molecule has 0 spiro atoms. The number of nitrogen functional groups attached to an aromatic ring is 1. The van der Waals surface area contributed by atoms with Crippen LogP contribution in [0, 0.1) is 0 Å². The minimum atomic E-state index is 0.441. The number of hydrogen-bond donors (Lipinski definition) is 1. The lowest BCUT2D eigenvalue weighted by Crippen LogP contribution is -2.15. The van der Waals surface area contributed by atoms with Crippen molar-refractivity contribution < 1.29 is 47.4 Å². The van der Waals surface area contributed by atoms with E-state index in [9.17, 15) is 0 Å². The number of benzene rings is 1. The molecule has 12 heteroatoms. The largest absolute Gasteiger partial charge is 0.489 e. The number of ether oxygens (including phenoxy) is 10. The Kier molecular flexibility index (Phi) is 26.3. The van der Waals surface area contributed by atoms with E-state index in [0.29, 0.717) is 143 Å². The van der Waals surface area contributed by atoms with Crippen LogP contribution in [0.5, 0.6) is 5.75 Å². The third-order valence-corrected chi connectivity index (χ3v) is 4.76. The van der Waals surface area contributed by atoms with Gasteiger partial charge in [-0.3, -0.25) is 0 Å². The Hall–Kier alpha value is -1.25. The number of halogens is 1. The van der Waals surface area contributed by atoms with Gasteiger partial charge in [0.15, 0.2) is 0 Å². The lowest BCUT2D eigenvalue weighted by atomic mass is 10.3. The first-order chi connectivity index (χ1) is 18.8. The van der Waals surface area contributed by atoms with E-state index in [-0.39, 0.29) is 0 Å². The zero-order valence-electron chi connectivity index (χ0n) is 22.5. The average molecular weight is 568 g/mol. The number of rotatable bonds is 30. The van der Waals surface area contributed by atoms with E-state index < -0.39 is 0 Å². The molecule has 38 heavy (non-hydrogen) atoms. The fourth-order valence-electron chi connectivity index (χ4n) is 2.74. The summed E-state index contributed by atoms with van der Waals surface area (Å²) in [4.78, 5) is 0. The third kappa shape index (κ3) is 23.8. The molecule has 0 bridgehead atoms. The highest BCUT2D eigenvalue weighted by atomic mass is 35.5. The Morgan fingerprint density at radius 1 is 0.421 bits per heavy atom. The Balaban J connectivity index is 1.65. The smallest absolute Gasteiger partial charge is 0.142 e. The molecule has 0 saturated carbocycles. The summed E-state index contributed by atoms with van der Waals surface area (Å²) in [5.74, 6) is 1.17. The molecule has 0 fully saturated rings. The first kappa shape index (κ1) is 34.8. The monoisotopic (exact) mass is 567 g/mol. The van der Waals surface area contributed by atoms with Crippen molar-refractivity contribution >= 4 is 17.3 Å². The van der Waals surface area contributed by atoms with Gasteiger partial charge < -0.3 is 53.1 Å². The maximum absolute atomic E-state index is 5.81. The maximum Gasteiger partial charge on any atom is 0.142 e. The highest BCUT2D eigenvalue weighted by molar-refractivity contribution is 6.17. The first-order valence-corrected chi connectivity index (χ1v) is 13.6. The maximum atomic E-state index is 5.81. The summed E-state index contributed by atoms with van der Waals surface area (Å²) in [7, 11) is 0. The number of anilines is 1. The molecule has 1 aromatic rings. The number of alkyl halides is 1. The van der Waals surface area contributed by atoms with E-state index in [1.54, 1.807) is 6.07 Å². The molecule has 0 aliphatic rings. The molecule has 0 unspecified atom stereocenters. The van der Waals surface area contributed by atoms with Gasteiger partial charge in [0.1, 0.15) is 12.4 Å². The average Bonchev–Trinajstić information content (AvgIpc) is 2.93. The van der Waals surface area contributed by atoms with E-state index in [2.05, 4.69) is 0 Å². The van der Waals surface area contributed by atoms with Gasteiger partial charge in [0.05, 0.1) is 125 Å². The Labute approximate surface area is 232 Å².